The zero-order chi connectivity index (χ0) is 13.2. The third-order valence-electron chi connectivity index (χ3n) is 3.28. The van der Waals surface area contributed by atoms with Crippen LogP contribution < -0.4 is 0 Å². The van der Waals surface area contributed by atoms with Crippen LogP contribution in [0.3, 0.4) is 0 Å². The van der Waals surface area contributed by atoms with E-state index < -0.39 is 0 Å². The van der Waals surface area contributed by atoms with Gasteiger partial charge in [0.2, 0.25) is 0 Å². The zero-order valence-corrected chi connectivity index (χ0v) is 10.8. The molecule has 3 heteroatoms. The van der Waals surface area contributed by atoms with Crippen molar-refractivity contribution in [2.45, 2.75) is 13.3 Å². The maximum atomic E-state index is 11.7. The Hall–Kier alpha value is -2.29. The van der Waals surface area contributed by atoms with Gasteiger partial charge in [-0.25, -0.2) is 4.79 Å². The van der Waals surface area contributed by atoms with Gasteiger partial charge >= 0.3 is 5.97 Å². The fraction of sp³-hybridized carbons (Fsp3) is 0.188. The van der Waals surface area contributed by atoms with Gasteiger partial charge in [0, 0.05) is 30.1 Å². The summed E-state index contributed by atoms with van der Waals surface area (Å²) in [5.41, 5.74) is 4.22. The molecule has 3 rings (SSSR count). The summed E-state index contributed by atoms with van der Waals surface area (Å²) in [6.45, 7) is 2.23. The minimum Gasteiger partial charge on any atom is -0.463 e. The molecule has 0 atom stereocenters. The minimum atomic E-state index is -0.231. The van der Waals surface area contributed by atoms with Gasteiger partial charge in [0.15, 0.2) is 0 Å². The van der Waals surface area contributed by atoms with E-state index in [1.807, 2.05) is 36.4 Å². The van der Waals surface area contributed by atoms with E-state index in [4.69, 9.17) is 4.74 Å². The first kappa shape index (κ1) is 11.8. The van der Waals surface area contributed by atoms with Crippen LogP contribution in [0.5, 0.6) is 0 Å². The third-order valence-corrected chi connectivity index (χ3v) is 3.28. The van der Waals surface area contributed by atoms with Crippen LogP contribution in [0.25, 0.3) is 11.8 Å². The number of nitrogens with zero attached hydrogens (tertiary/aromatic N) is 1. The van der Waals surface area contributed by atoms with Gasteiger partial charge in [0.1, 0.15) is 0 Å². The third kappa shape index (κ3) is 2.08. The summed E-state index contributed by atoms with van der Waals surface area (Å²) in [7, 11) is 0. The van der Waals surface area contributed by atoms with E-state index in [0.29, 0.717) is 18.6 Å². The molecule has 0 saturated carbocycles. The Labute approximate surface area is 112 Å². The van der Waals surface area contributed by atoms with E-state index in [-0.39, 0.29) is 5.97 Å². The fourth-order valence-corrected chi connectivity index (χ4v) is 2.37. The van der Waals surface area contributed by atoms with E-state index in [0.717, 1.165) is 5.70 Å². The van der Waals surface area contributed by atoms with Crippen LogP contribution in [0.1, 0.15) is 24.5 Å². The van der Waals surface area contributed by atoms with Crippen molar-refractivity contribution >= 4 is 17.7 Å². The molecular weight excluding hydrogens is 238 g/mol. The summed E-state index contributed by atoms with van der Waals surface area (Å²) in [5, 5.41) is 0. The predicted molar refractivity (Wildman–Crippen MR) is 74.6 cm³/mol. The van der Waals surface area contributed by atoms with Gasteiger partial charge in [0.05, 0.1) is 12.2 Å². The molecule has 2 heterocycles. The Bertz CT molecular complexity index is 611. The smallest absolute Gasteiger partial charge is 0.335 e. The Balaban J connectivity index is 1.92. The summed E-state index contributed by atoms with van der Waals surface area (Å²) < 4.78 is 5.04. The van der Waals surface area contributed by atoms with Crippen LogP contribution >= 0.6 is 0 Å². The average molecular weight is 253 g/mol. The molecule has 0 unspecified atom stereocenters. The number of benzene rings is 1. The molecule has 2 aliphatic heterocycles. The highest BCUT2D eigenvalue weighted by Crippen LogP contribution is 2.33. The SMILES string of the molecule is CCOC(=O)C1=CN2C=Cc3ccccc3C2=CC1. The molecule has 19 heavy (non-hydrogen) atoms. The van der Waals surface area contributed by atoms with Gasteiger partial charge in [-0.3, -0.25) is 0 Å². The first-order valence-corrected chi connectivity index (χ1v) is 6.43. The molecule has 1 aromatic rings. The number of carbonyl (C=O) groups is 1. The quantitative estimate of drug-likeness (QED) is 0.758. The average Bonchev–Trinajstić information content (AvgIpc) is 2.46. The van der Waals surface area contributed by atoms with Crippen LogP contribution in [0.2, 0.25) is 0 Å². The monoisotopic (exact) mass is 253 g/mol. The molecule has 0 fully saturated rings. The Kier molecular flexibility index (Phi) is 2.95. The van der Waals surface area contributed by atoms with Crippen molar-refractivity contribution in [2.75, 3.05) is 6.61 Å². The molecule has 0 radical (unpaired) electrons. The molecule has 0 N–H and O–H groups in total. The molecule has 2 aliphatic rings. The summed E-state index contributed by atoms with van der Waals surface area (Å²) in [5.74, 6) is -0.231. The number of carbonyl (C=O) groups excluding carboxylic acids is 1. The van der Waals surface area contributed by atoms with Crippen LogP contribution in [0, 0.1) is 0 Å². The summed E-state index contributed by atoms with van der Waals surface area (Å²) >= 11 is 0. The van der Waals surface area contributed by atoms with Gasteiger partial charge in [0.25, 0.3) is 0 Å². The molecule has 0 aliphatic carbocycles. The summed E-state index contributed by atoms with van der Waals surface area (Å²) in [6, 6.07) is 8.25. The molecule has 0 amide bonds. The lowest BCUT2D eigenvalue weighted by molar-refractivity contribution is -0.138. The molecule has 3 nitrogen and oxygen atoms in total. The van der Waals surface area contributed by atoms with Crippen molar-refractivity contribution in [1.82, 2.24) is 4.90 Å². The second-order valence-electron chi connectivity index (χ2n) is 4.48. The molecule has 96 valence electrons. The molecule has 0 saturated heterocycles. The number of allylic oxidation sites excluding steroid dienone is 1. The lowest BCUT2D eigenvalue weighted by Crippen LogP contribution is -2.20. The highest BCUT2D eigenvalue weighted by atomic mass is 16.5. The highest BCUT2D eigenvalue weighted by Gasteiger charge is 2.21. The Morgan fingerprint density at radius 3 is 3.05 bits per heavy atom. The van der Waals surface area contributed by atoms with Crippen molar-refractivity contribution in [3.63, 3.8) is 0 Å². The van der Waals surface area contributed by atoms with Crippen molar-refractivity contribution in [1.29, 1.82) is 0 Å². The Morgan fingerprint density at radius 2 is 2.21 bits per heavy atom. The van der Waals surface area contributed by atoms with Crippen molar-refractivity contribution in [3.8, 4) is 0 Å². The number of hydrogen-bond donors (Lipinski definition) is 0. The lowest BCUT2D eigenvalue weighted by Gasteiger charge is -2.29. The summed E-state index contributed by atoms with van der Waals surface area (Å²) in [6.07, 6.45) is 8.59. The highest BCUT2D eigenvalue weighted by molar-refractivity contribution is 5.91. The number of rotatable bonds is 2. The lowest BCUT2D eigenvalue weighted by atomic mass is 9.97. The van der Waals surface area contributed by atoms with Gasteiger partial charge in [-0.05, 0) is 18.6 Å². The summed E-state index contributed by atoms with van der Waals surface area (Å²) in [4.78, 5) is 13.7. The predicted octanol–water partition coefficient (Wildman–Crippen LogP) is 3.16. The van der Waals surface area contributed by atoms with E-state index in [1.54, 1.807) is 0 Å². The molecule has 0 bridgehead atoms. The topological polar surface area (TPSA) is 29.5 Å². The molecule has 0 aromatic heterocycles. The van der Waals surface area contributed by atoms with Gasteiger partial charge in [-0.1, -0.05) is 30.3 Å². The maximum absolute atomic E-state index is 11.7. The second-order valence-corrected chi connectivity index (χ2v) is 4.48. The van der Waals surface area contributed by atoms with Crippen LogP contribution in [-0.4, -0.2) is 17.5 Å². The van der Waals surface area contributed by atoms with E-state index >= 15 is 0 Å². The van der Waals surface area contributed by atoms with E-state index in [9.17, 15) is 4.79 Å². The first-order chi connectivity index (χ1) is 9.29. The van der Waals surface area contributed by atoms with Crippen LogP contribution in [0.15, 0.2) is 48.3 Å². The molecule has 1 aromatic carbocycles. The molecular formula is C16H15NO2. The van der Waals surface area contributed by atoms with Crippen LogP contribution in [0.4, 0.5) is 0 Å². The van der Waals surface area contributed by atoms with Crippen LogP contribution in [-0.2, 0) is 9.53 Å². The zero-order valence-electron chi connectivity index (χ0n) is 10.8. The van der Waals surface area contributed by atoms with Gasteiger partial charge < -0.3 is 9.64 Å². The number of fused-ring (bicyclic) bond motifs is 3. The minimum absolute atomic E-state index is 0.231. The van der Waals surface area contributed by atoms with Gasteiger partial charge in [-0.15, -0.1) is 0 Å². The standard InChI is InChI=1S/C16H15NO2/c1-2-19-16(18)13-7-8-15-14-6-4-3-5-12(14)9-10-17(15)11-13/h3-6,8-11H,2,7H2,1H3. The maximum Gasteiger partial charge on any atom is 0.335 e. The number of hydrogen-bond acceptors (Lipinski definition) is 3. The first-order valence-electron chi connectivity index (χ1n) is 6.43. The largest absolute Gasteiger partial charge is 0.463 e. The molecule has 0 spiro atoms. The Morgan fingerprint density at radius 1 is 1.37 bits per heavy atom. The van der Waals surface area contributed by atoms with Gasteiger partial charge in [-0.2, -0.15) is 0 Å². The fourth-order valence-electron chi connectivity index (χ4n) is 2.37. The van der Waals surface area contributed by atoms with Crippen molar-refractivity contribution in [3.05, 3.63) is 59.4 Å². The van der Waals surface area contributed by atoms with E-state index in [2.05, 4.69) is 24.3 Å². The second kappa shape index (κ2) is 4.76. The van der Waals surface area contributed by atoms with Crippen molar-refractivity contribution < 1.29 is 9.53 Å². The normalized spacial score (nSPS) is 16.2. The number of ether oxygens (including phenoxy) is 1. The number of esters is 1. The van der Waals surface area contributed by atoms with E-state index in [1.165, 1.54) is 11.1 Å². The van der Waals surface area contributed by atoms with Crippen molar-refractivity contribution in [2.24, 2.45) is 0 Å².